The molecular formula is C11H16O4. The van der Waals surface area contributed by atoms with Crippen LogP contribution in [0, 0.1) is 5.41 Å². The first kappa shape index (κ1) is 11.8. The molecule has 2 unspecified atom stereocenters. The minimum Gasteiger partial charge on any atom is -0.459 e. The van der Waals surface area contributed by atoms with Crippen molar-refractivity contribution in [2.45, 2.75) is 39.9 Å². The number of hydrogen-bond donors (Lipinski definition) is 0. The Bertz CT molecular complexity index is 317. The van der Waals surface area contributed by atoms with Crippen LogP contribution < -0.4 is 0 Å². The Morgan fingerprint density at radius 3 is 2.40 bits per heavy atom. The fourth-order valence-corrected chi connectivity index (χ4v) is 1.31. The lowest BCUT2D eigenvalue weighted by Gasteiger charge is -2.25. The molecule has 1 aliphatic heterocycles. The minimum atomic E-state index is -0.836. The largest absolute Gasteiger partial charge is 0.459 e. The zero-order chi connectivity index (χ0) is 11.8. The molecule has 1 aliphatic rings. The highest BCUT2D eigenvalue weighted by molar-refractivity contribution is 5.90. The van der Waals surface area contributed by atoms with E-state index >= 15 is 0 Å². The van der Waals surface area contributed by atoms with Crippen LogP contribution in [-0.4, -0.2) is 24.1 Å². The fourth-order valence-electron chi connectivity index (χ4n) is 1.31. The van der Waals surface area contributed by atoms with Crippen molar-refractivity contribution in [3.63, 3.8) is 0 Å². The van der Waals surface area contributed by atoms with Crippen molar-refractivity contribution >= 4 is 11.9 Å². The molecule has 4 heteroatoms. The maximum Gasteiger partial charge on any atom is 0.348 e. The van der Waals surface area contributed by atoms with Gasteiger partial charge in [-0.25, -0.2) is 9.59 Å². The highest BCUT2D eigenvalue weighted by Gasteiger charge is 2.51. The summed E-state index contributed by atoms with van der Waals surface area (Å²) in [5, 5.41) is 0. The predicted molar refractivity (Wildman–Crippen MR) is 54.0 cm³/mol. The highest BCUT2D eigenvalue weighted by atomic mass is 16.6. The van der Waals surface area contributed by atoms with Gasteiger partial charge in [-0.3, -0.25) is 0 Å². The lowest BCUT2D eigenvalue weighted by molar-refractivity contribution is -0.160. The minimum absolute atomic E-state index is 0.257. The first-order chi connectivity index (χ1) is 6.76. The summed E-state index contributed by atoms with van der Waals surface area (Å²) in [5.41, 5.74) is -0.222. The van der Waals surface area contributed by atoms with E-state index < -0.39 is 23.5 Å². The molecule has 0 bridgehead atoms. The number of carbonyl (C=O) groups excluding carboxylic acids is 2. The Morgan fingerprint density at radius 2 is 2.07 bits per heavy atom. The van der Waals surface area contributed by atoms with Crippen molar-refractivity contribution in [1.82, 2.24) is 0 Å². The van der Waals surface area contributed by atoms with Crippen LogP contribution >= 0.6 is 0 Å². The average molecular weight is 212 g/mol. The van der Waals surface area contributed by atoms with Gasteiger partial charge in [0.15, 0.2) is 0 Å². The van der Waals surface area contributed by atoms with Gasteiger partial charge < -0.3 is 9.47 Å². The maximum absolute atomic E-state index is 11.4. The molecule has 0 spiro atoms. The summed E-state index contributed by atoms with van der Waals surface area (Å²) >= 11 is 0. The van der Waals surface area contributed by atoms with Crippen LogP contribution in [0.5, 0.6) is 0 Å². The molecule has 2 atom stereocenters. The highest BCUT2D eigenvalue weighted by Crippen LogP contribution is 2.37. The molecule has 0 aliphatic carbocycles. The zero-order valence-corrected chi connectivity index (χ0v) is 9.49. The maximum atomic E-state index is 11.4. The standard InChI is InChI=1S/C11H16O4/c1-6(2)9(12)15-8-10(13)14-7(3)11(8,4)5/h7-8H,1H2,2-5H3. The second-order valence-corrected chi connectivity index (χ2v) is 4.47. The van der Waals surface area contributed by atoms with E-state index in [1.165, 1.54) is 0 Å². The van der Waals surface area contributed by atoms with Gasteiger partial charge in [0.2, 0.25) is 6.10 Å². The number of rotatable bonds is 2. The molecule has 0 radical (unpaired) electrons. The first-order valence-electron chi connectivity index (χ1n) is 4.83. The molecular weight excluding hydrogens is 196 g/mol. The summed E-state index contributed by atoms with van der Waals surface area (Å²) in [6.45, 7) is 10.5. The van der Waals surface area contributed by atoms with Gasteiger partial charge in [0.25, 0.3) is 0 Å². The molecule has 1 fully saturated rings. The summed E-state index contributed by atoms with van der Waals surface area (Å²) in [5.74, 6) is -1.04. The summed E-state index contributed by atoms with van der Waals surface area (Å²) in [6, 6.07) is 0. The molecule has 0 aromatic heterocycles. The van der Waals surface area contributed by atoms with Crippen LogP contribution in [0.15, 0.2) is 12.2 Å². The Labute approximate surface area is 89.2 Å². The van der Waals surface area contributed by atoms with Gasteiger partial charge in [-0.2, -0.15) is 0 Å². The molecule has 0 saturated carbocycles. The van der Waals surface area contributed by atoms with E-state index in [2.05, 4.69) is 6.58 Å². The Balaban J connectivity index is 2.81. The normalized spacial score (nSPS) is 28.4. The van der Waals surface area contributed by atoms with Crippen LogP contribution in [0.4, 0.5) is 0 Å². The second kappa shape index (κ2) is 3.68. The van der Waals surface area contributed by atoms with Crippen molar-refractivity contribution in [3.8, 4) is 0 Å². The van der Waals surface area contributed by atoms with Crippen LogP contribution in [0.2, 0.25) is 0 Å². The van der Waals surface area contributed by atoms with Gasteiger partial charge in [0.1, 0.15) is 6.10 Å². The van der Waals surface area contributed by atoms with Gasteiger partial charge in [-0.15, -0.1) is 0 Å². The molecule has 1 heterocycles. The smallest absolute Gasteiger partial charge is 0.348 e. The van der Waals surface area contributed by atoms with Crippen LogP contribution in [0.3, 0.4) is 0 Å². The summed E-state index contributed by atoms with van der Waals surface area (Å²) in [7, 11) is 0. The Kier molecular flexibility index (Phi) is 2.88. The van der Waals surface area contributed by atoms with Crippen molar-refractivity contribution < 1.29 is 19.1 Å². The Hall–Kier alpha value is -1.32. The van der Waals surface area contributed by atoms with Gasteiger partial charge in [-0.05, 0) is 13.8 Å². The number of cyclic esters (lactones) is 1. The van der Waals surface area contributed by atoms with Crippen LogP contribution in [0.25, 0.3) is 0 Å². The quantitative estimate of drug-likeness (QED) is 0.513. The SMILES string of the molecule is C=C(C)C(=O)OC1C(=O)OC(C)C1(C)C. The molecule has 1 rings (SSSR count). The molecule has 4 nitrogen and oxygen atoms in total. The van der Waals surface area contributed by atoms with E-state index in [4.69, 9.17) is 9.47 Å². The van der Waals surface area contributed by atoms with E-state index in [-0.39, 0.29) is 11.7 Å². The van der Waals surface area contributed by atoms with Crippen molar-refractivity contribution in [2.75, 3.05) is 0 Å². The summed E-state index contributed by atoms with van der Waals surface area (Å²) in [6.07, 6.45) is -1.09. The van der Waals surface area contributed by atoms with Crippen molar-refractivity contribution in [1.29, 1.82) is 0 Å². The van der Waals surface area contributed by atoms with Gasteiger partial charge in [0.05, 0.1) is 0 Å². The van der Waals surface area contributed by atoms with Crippen LogP contribution in [-0.2, 0) is 19.1 Å². The molecule has 1 saturated heterocycles. The molecule has 0 aromatic carbocycles. The van der Waals surface area contributed by atoms with E-state index in [1.807, 2.05) is 13.8 Å². The number of ether oxygens (including phenoxy) is 2. The summed E-state index contributed by atoms with van der Waals surface area (Å²) in [4.78, 5) is 22.7. The van der Waals surface area contributed by atoms with Crippen molar-refractivity contribution in [3.05, 3.63) is 12.2 Å². The Morgan fingerprint density at radius 1 is 1.53 bits per heavy atom. The zero-order valence-electron chi connectivity index (χ0n) is 9.49. The third-order valence-electron chi connectivity index (χ3n) is 2.80. The lowest BCUT2D eigenvalue weighted by atomic mass is 9.84. The fraction of sp³-hybridized carbons (Fsp3) is 0.636. The average Bonchev–Trinajstić information content (AvgIpc) is 2.28. The molecule has 0 aromatic rings. The topological polar surface area (TPSA) is 52.6 Å². The van der Waals surface area contributed by atoms with E-state index in [0.717, 1.165) is 0 Å². The molecule has 0 amide bonds. The van der Waals surface area contributed by atoms with Gasteiger partial charge >= 0.3 is 11.9 Å². The third kappa shape index (κ3) is 2.03. The number of carbonyl (C=O) groups is 2. The monoisotopic (exact) mass is 212 g/mol. The second-order valence-electron chi connectivity index (χ2n) is 4.47. The van der Waals surface area contributed by atoms with Crippen molar-refractivity contribution in [2.24, 2.45) is 5.41 Å². The molecule has 0 N–H and O–H groups in total. The molecule has 84 valence electrons. The van der Waals surface area contributed by atoms with E-state index in [0.29, 0.717) is 0 Å². The lowest BCUT2D eigenvalue weighted by Crippen LogP contribution is -2.37. The van der Waals surface area contributed by atoms with E-state index in [1.54, 1.807) is 13.8 Å². The molecule has 15 heavy (non-hydrogen) atoms. The van der Waals surface area contributed by atoms with Crippen LogP contribution in [0.1, 0.15) is 27.7 Å². The number of hydrogen-bond acceptors (Lipinski definition) is 4. The predicted octanol–water partition coefficient (Wildman–Crippen LogP) is 1.45. The third-order valence-corrected chi connectivity index (χ3v) is 2.80. The number of esters is 2. The summed E-state index contributed by atoms with van der Waals surface area (Å²) < 4.78 is 10.1. The van der Waals surface area contributed by atoms with Gasteiger partial charge in [-0.1, -0.05) is 20.4 Å². The first-order valence-corrected chi connectivity index (χ1v) is 4.83. The van der Waals surface area contributed by atoms with Gasteiger partial charge in [0, 0.05) is 11.0 Å². The van der Waals surface area contributed by atoms with E-state index in [9.17, 15) is 9.59 Å².